The van der Waals surface area contributed by atoms with Crippen LogP contribution in [-0.4, -0.2) is 41.0 Å². The average molecular weight is 557 g/mol. The smallest absolute Gasteiger partial charge is 0.238 e. The number of fused-ring (bicyclic) bond motifs is 1. The number of carbonyl (C=O) groups excluding carboxylic acids is 1. The van der Waals surface area contributed by atoms with E-state index in [2.05, 4.69) is 25.6 Å². The molecule has 1 saturated heterocycles. The minimum absolute atomic E-state index is 0.0313. The molecule has 8 N–H and O–H groups in total. The summed E-state index contributed by atoms with van der Waals surface area (Å²) in [7, 11) is 1.61. The first-order valence-electron chi connectivity index (χ1n) is 12.4. The van der Waals surface area contributed by atoms with Crippen LogP contribution in [0.5, 0.6) is 0 Å². The Hall–Kier alpha value is -2.99. The summed E-state index contributed by atoms with van der Waals surface area (Å²) in [5.74, 6) is -0.614. The molecule has 2 aromatic heterocycles. The fourth-order valence-corrected chi connectivity index (χ4v) is 6.73. The number of halogens is 2. The Bertz CT molecular complexity index is 1400. The van der Waals surface area contributed by atoms with Crippen molar-refractivity contribution in [2.45, 2.75) is 47.6 Å². The molecular weight excluding hydrogens is 527 g/mol. The third kappa shape index (κ3) is 4.47. The quantitative estimate of drug-likeness (QED) is 0.308. The molecule has 1 aliphatic carbocycles. The predicted octanol–water partition coefficient (Wildman–Crippen LogP) is 2.79. The highest BCUT2D eigenvalue weighted by atomic mass is 35.5. The zero-order valence-electron chi connectivity index (χ0n) is 21.0. The summed E-state index contributed by atoms with van der Waals surface area (Å²) in [4.78, 5) is 25.1. The number of nitrogens with two attached hydrogens (primary N) is 3. The number of aryl methyl sites for hydroxylation is 1. The minimum atomic E-state index is -1.25. The number of hydrogen-bond donors (Lipinski definition) is 5. The van der Waals surface area contributed by atoms with Crippen molar-refractivity contribution in [3.05, 3.63) is 63.8 Å². The number of nitrogens with zero attached hydrogens (tertiary/aromatic N) is 3. The summed E-state index contributed by atoms with van der Waals surface area (Å²) in [6.45, 7) is 1.52. The molecule has 3 heterocycles. The maximum absolute atomic E-state index is 16.0. The number of rotatable bonds is 6. The molecule has 1 spiro atoms. The number of piperidine rings is 1. The molecule has 200 valence electrons. The average Bonchev–Trinajstić information content (AvgIpc) is 3.14. The van der Waals surface area contributed by atoms with Crippen LogP contribution in [0.25, 0.3) is 0 Å². The Morgan fingerprint density at radius 1 is 1.21 bits per heavy atom. The lowest BCUT2D eigenvalue weighted by Crippen LogP contribution is -2.56. The third-order valence-corrected chi connectivity index (χ3v) is 9.32. The van der Waals surface area contributed by atoms with Crippen LogP contribution in [0, 0.1) is 11.4 Å². The summed E-state index contributed by atoms with van der Waals surface area (Å²) in [6.07, 6.45) is 4.57. The highest BCUT2D eigenvalue weighted by Gasteiger charge is 2.58. The van der Waals surface area contributed by atoms with Crippen molar-refractivity contribution >= 4 is 40.9 Å². The van der Waals surface area contributed by atoms with Gasteiger partial charge in [0, 0.05) is 30.0 Å². The van der Waals surface area contributed by atoms with E-state index >= 15 is 4.39 Å². The van der Waals surface area contributed by atoms with Crippen molar-refractivity contribution in [2.24, 2.45) is 11.1 Å². The maximum atomic E-state index is 16.0. The predicted molar refractivity (Wildman–Crippen MR) is 146 cm³/mol. The number of aromatic nitrogens is 3. The van der Waals surface area contributed by atoms with E-state index in [1.807, 2.05) is 18.2 Å². The van der Waals surface area contributed by atoms with Gasteiger partial charge in [-0.15, -0.1) is 0 Å². The van der Waals surface area contributed by atoms with E-state index in [-0.39, 0.29) is 33.3 Å². The van der Waals surface area contributed by atoms with E-state index in [1.165, 1.54) is 6.20 Å². The second kappa shape index (κ2) is 10.3. The van der Waals surface area contributed by atoms with Crippen LogP contribution in [0.2, 0.25) is 5.02 Å². The number of nitrogen functional groups attached to an aromatic ring is 2. The first kappa shape index (κ1) is 26.6. The van der Waals surface area contributed by atoms with Crippen molar-refractivity contribution in [1.82, 2.24) is 25.6 Å². The molecule has 0 unspecified atom stereocenters. The van der Waals surface area contributed by atoms with Gasteiger partial charge in [0.15, 0.2) is 5.82 Å². The lowest BCUT2D eigenvalue weighted by molar-refractivity contribution is -0.120. The number of hydrogen-bond acceptors (Lipinski definition) is 9. The van der Waals surface area contributed by atoms with Crippen molar-refractivity contribution in [3.8, 4) is 0 Å². The zero-order chi connectivity index (χ0) is 27.1. The maximum Gasteiger partial charge on any atom is 0.238 e. The van der Waals surface area contributed by atoms with E-state index in [0.29, 0.717) is 24.2 Å². The van der Waals surface area contributed by atoms with Crippen molar-refractivity contribution in [2.75, 3.05) is 31.6 Å². The molecule has 0 saturated carbocycles. The van der Waals surface area contributed by atoms with Crippen molar-refractivity contribution in [3.63, 3.8) is 0 Å². The standard InChI is InChI=1S/C26H30ClFN8OS/c1-32-18(37)5-3-14-2-4-15-13-25(7-10-33-11-8-25)26(31,16(15)12-14)20-21(28)36-24(23(30)35-20)38-17-6-9-34-22(29)19(17)27/h2,4,6,9,12,33H,3,5,7-8,10-11,13,31H2,1H3,(H2,29,34)(H2,30,35)(H,32,37)/t26-/m0/s1. The van der Waals surface area contributed by atoms with Gasteiger partial charge in [0.05, 0.1) is 10.6 Å². The minimum Gasteiger partial charge on any atom is -0.382 e. The molecule has 0 radical (unpaired) electrons. The first-order valence-corrected chi connectivity index (χ1v) is 13.6. The van der Waals surface area contributed by atoms with Gasteiger partial charge >= 0.3 is 0 Å². The highest BCUT2D eigenvalue weighted by molar-refractivity contribution is 7.99. The van der Waals surface area contributed by atoms with Gasteiger partial charge in [-0.2, -0.15) is 4.39 Å². The largest absolute Gasteiger partial charge is 0.382 e. The molecule has 2 aliphatic rings. The number of benzene rings is 1. The van der Waals surface area contributed by atoms with Gasteiger partial charge in [-0.3, -0.25) is 4.79 Å². The number of anilines is 2. The van der Waals surface area contributed by atoms with E-state index in [4.69, 9.17) is 28.8 Å². The lowest BCUT2D eigenvalue weighted by Gasteiger charge is -2.46. The van der Waals surface area contributed by atoms with E-state index in [9.17, 15) is 4.79 Å². The normalized spacial score (nSPS) is 19.9. The van der Waals surface area contributed by atoms with Gasteiger partial charge < -0.3 is 27.8 Å². The van der Waals surface area contributed by atoms with Crippen LogP contribution < -0.4 is 27.8 Å². The molecule has 9 nitrogen and oxygen atoms in total. The Kier molecular flexibility index (Phi) is 7.21. The third-order valence-electron chi connectivity index (χ3n) is 7.75. The van der Waals surface area contributed by atoms with Crippen LogP contribution in [0.3, 0.4) is 0 Å². The Balaban J connectivity index is 1.59. The lowest BCUT2D eigenvalue weighted by atomic mass is 9.63. The number of pyridine rings is 1. The summed E-state index contributed by atoms with van der Waals surface area (Å²) >= 11 is 7.34. The van der Waals surface area contributed by atoms with Crippen LogP contribution in [0.15, 0.2) is 40.4 Å². The van der Waals surface area contributed by atoms with E-state index < -0.39 is 16.9 Å². The molecule has 1 aliphatic heterocycles. The molecule has 1 atom stereocenters. The van der Waals surface area contributed by atoms with Crippen LogP contribution in [0.1, 0.15) is 41.6 Å². The fraction of sp³-hybridized carbons (Fsp3) is 0.385. The second-order valence-corrected chi connectivity index (χ2v) is 11.3. The van der Waals surface area contributed by atoms with E-state index in [1.54, 1.807) is 13.1 Å². The molecular formula is C26H30ClFN8OS. The number of nitrogens with one attached hydrogen (secondary N) is 2. The Labute approximate surface area is 229 Å². The summed E-state index contributed by atoms with van der Waals surface area (Å²) in [6, 6.07) is 7.71. The molecule has 38 heavy (non-hydrogen) atoms. The van der Waals surface area contributed by atoms with Gasteiger partial charge in [-0.1, -0.05) is 41.6 Å². The monoisotopic (exact) mass is 556 g/mol. The summed E-state index contributed by atoms with van der Waals surface area (Å²) in [5, 5.41) is 6.44. The molecule has 3 aromatic rings. The topological polar surface area (TPSA) is 158 Å². The zero-order valence-corrected chi connectivity index (χ0v) is 22.6. The fourth-order valence-electron chi connectivity index (χ4n) is 5.69. The van der Waals surface area contributed by atoms with E-state index in [0.717, 1.165) is 54.4 Å². The SMILES string of the molecule is CNC(=O)CCc1ccc2c(c1)[C@](N)(c1nc(N)c(Sc3ccnc(N)c3Cl)nc1F)C1(CCNCC1)C2. The van der Waals surface area contributed by atoms with Crippen molar-refractivity contribution in [1.29, 1.82) is 0 Å². The van der Waals surface area contributed by atoms with Gasteiger partial charge in [-0.05, 0) is 61.5 Å². The Morgan fingerprint density at radius 2 is 1.97 bits per heavy atom. The summed E-state index contributed by atoms with van der Waals surface area (Å²) in [5.41, 5.74) is 20.6. The van der Waals surface area contributed by atoms with Gasteiger partial charge in [-0.25, -0.2) is 15.0 Å². The molecule has 1 aromatic carbocycles. The van der Waals surface area contributed by atoms with Gasteiger partial charge in [0.1, 0.15) is 16.5 Å². The molecule has 1 fully saturated rings. The molecule has 5 rings (SSSR count). The molecule has 0 bridgehead atoms. The molecule has 1 amide bonds. The van der Waals surface area contributed by atoms with Crippen LogP contribution in [0.4, 0.5) is 16.0 Å². The highest BCUT2D eigenvalue weighted by Crippen LogP contribution is 2.57. The van der Waals surface area contributed by atoms with Crippen LogP contribution in [-0.2, 0) is 23.2 Å². The van der Waals surface area contributed by atoms with Gasteiger partial charge in [0.25, 0.3) is 0 Å². The van der Waals surface area contributed by atoms with Crippen LogP contribution >= 0.6 is 23.4 Å². The van der Waals surface area contributed by atoms with Crippen molar-refractivity contribution < 1.29 is 9.18 Å². The summed E-state index contributed by atoms with van der Waals surface area (Å²) < 4.78 is 16.0. The first-order chi connectivity index (χ1) is 18.2. The van der Waals surface area contributed by atoms with Gasteiger partial charge in [0.2, 0.25) is 11.9 Å². The molecule has 12 heteroatoms. The Morgan fingerprint density at radius 3 is 2.71 bits per heavy atom. The number of carbonyl (C=O) groups is 1. The second-order valence-electron chi connectivity index (χ2n) is 9.84. The number of amides is 1.